The van der Waals surface area contributed by atoms with Crippen molar-refractivity contribution in [1.82, 2.24) is 10.1 Å². The SMILES string of the molecule is Nc1cccc(-c2noc(CC3CCCO3)n2)c1. The van der Waals surface area contributed by atoms with Gasteiger partial charge in [0, 0.05) is 17.9 Å². The van der Waals surface area contributed by atoms with Gasteiger partial charge in [-0.2, -0.15) is 4.98 Å². The van der Waals surface area contributed by atoms with E-state index in [2.05, 4.69) is 10.1 Å². The Kier molecular flexibility index (Phi) is 2.98. The first kappa shape index (κ1) is 11.2. The van der Waals surface area contributed by atoms with Crippen LogP contribution in [-0.4, -0.2) is 22.9 Å². The average Bonchev–Trinajstić information content (AvgIpc) is 3.01. The summed E-state index contributed by atoms with van der Waals surface area (Å²) in [6, 6.07) is 7.45. The van der Waals surface area contributed by atoms with Crippen molar-refractivity contribution in [2.24, 2.45) is 0 Å². The Bertz CT molecular complexity index is 533. The van der Waals surface area contributed by atoms with E-state index in [0.29, 0.717) is 23.8 Å². The fraction of sp³-hybridized carbons (Fsp3) is 0.385. The van der Waals surface area contributed by atoms with Crippen LogP contribution < -0.4 is 5.73 Å². The molecule has 5 heteroatoms. The molecule has 1 atom stereocenters. The lowest BCUT2D eigenvalue weighted by Gasteiger charge is -2.03. The molecule has 94 valence electrons. The van der Waals surface area contributed by atoms with E-state index in [4.69, 9.17) is 15.0 Å². The Morgan fingerprint density at radius 1 is 1.39 bits per heavy atom. The van der Waals surface area contributed by atoms with Crippen LogP contribution in [0.5, 0.6) is 0 Å². The third kappa shape index (κ3) is 2.36. The number of anilines is 1. The van der Waals surface area contributed by atoms with Gasteiger partial charge in [-0.1, -0.05) is 17.3 Å². The second-order valence-electron chi connectivity index (χ2n) is 4.48. The summed E-state index contributed by atoms with van der Waals surface area (Å²) in [7, 11) is 0. The predicted molar refractivity (Wildman–Crippen MR) is 66.8 cm³/mol. The van der Waals surface area contributed by atoms with Crippen molar-refractivity contribution in [1.29, 1.82) is 0 Å². The molecule has 1 aromatic heterocycles. The van der Waals surface area contributed by atoms with Gasteiger partial charge >= 0.3 is 0 Å². The average molecular weight is 245 g/mol. The second kappa shape index (κ2) is 4.78. The summed E-state index contributed by atoms with van der Waals surface area (Å²) >= 11 is 0. The molecule has 1 aromatic carbocycles. The lowest BCUT2D eigenvalue weighted by Crippen LogP contribution is -2.08. The smallest absolute Gasteiger partial charge is 0.229 e. The molecule has 0 amide bonds. The molecule has 0 bridgehead atoms. The quantitative estimate of drug-likeness (QED) is 0.837. The summed E-state index contributed by atoms with van der Waals surface area (Å²) in [4.78, 5) is 4.37. The first-order chi connectivity index (χ1) is 8.81. The monoisotopic (exact) mass is 245 g/mol. The van der Waals surface area contributed by atoms with Crippen LogP contribution in [0.15, 0.2) is 28.8 Å². The molecule has 1 unspecified atom stereocenters. The number of hydrogen-bond donors (Lipinski definition) is 1. The highest BCUT2D eigenvalue weighted by atomic mass is 16.5. The molecule has 2 aromatic rings. The summed E-state index contributed by atoms with van der Waals surface area (Å²) in [5.74, 6) is 1.20. The molecule has 0 saturated carbocycles. The number of benzene rings is 1. The molecular formula is C13H15N3O2. The van der Waals surface area contributed by atoms with Crippen molar-refractivity contribution >= 4 is 5.69 Å². The van der Waals surface area contributed by atoms with Crippen molar-refractivity contribution in [2.45, 2.75) is 25.4 Å². The summed E-state index contributed by atoms with van der Waals surface area (Å²) < 4.78 is 10.8. The minimum Gasteiger partial charge on any atom is -0.399 e. The maximum atomic E-state index is 5.73. The molecule has 5 nitrogen and oxygen atoms in total. The number of aromatic nitrogens is 2. The zero-order valence-electron chi connectivity index (χ0n) is 10.0. The third-order valence-electron chi connectivity index (χ3n) is 3.04. The molecule has 1 fully saturated rings. The van der Waals surface area contributed by atoms with Crippen molar-refractivity contribution in [3.05, 3.63) is 30.2 Å². The standard InChI is InChI=1S/C13H15N3O2/c14-10-4-1-3-9(7-10)13-15-12(18-16-13)8-11-5-2-6-17-11/h1,3-4,7,11H,2,5-6,8,14H2. The van der Waals surface area contributed by atoms with Crippen molar-refractivity contribution in [3.8, 4) is 11.4 Å². The van der Waals surface area contributed by atoms with E-state index in [1.165, 1.54) is 0 Å². The van der Waals surface area contributed by atoms with Crippen LogP contribution in [0.2, 0.25) is 0 Å². The largest absolute Gasteiger partial charge is 0.399 e. The van der Waals surface area contributed by atoms with Crippen LogP contribution in [0.3, 0.4) is 0 Å². The van der Waals surface area contributed by atoms with Crippen LogP contribution in [0.4, 0.5) is 5.69 Å². The molecule has 0 radical (unpaired) electrons. The lowest BCUT2D eigenvalue weighted by atomic mass is 10.2. The zero-order valence-corrected chi connectivity index (χ0v) is 10.0. The molecule has 1 aliphatic rings. The van der Waals surface area contributed by atoms with Gasteiger partial charge in [0.25, 0.3) is 0 Å². The van der Waals surface area contributed by atoms with E-state index in [1.54, 1.807) is 0 Å². The molecule has 18 heavy (non-hydrogen) atoms. The van der Waals surface area contributed by atoms with Crippen molar-refractivity contribution in [2.75, 3.05) is 12.3 Å². The fourth-order valence-electron chi connectivity index (χ4n) is 2.13. The van der Waals surface area contributed by atoms with Crippen LogP contribution in [0, 0.1) is 0 Å². The topological polar surface area (TPSA) is 74.2 Å². The van der Waals surface area contributed by atoms with E-state index < -0.39 is 0 Å². The van der Waals surface area contributed by atoms with Crippen molar-refractivity contribution < 1.29 is 9.26 Å². The normalized spacial score (nSPS) is 19.2. The van der Waals surface area contributed by atoms with E-state index >= 15 is 0 Å². The van der Waals surface area contributed by atoms with Crippen LogP contribution in [-0.2, 0) is 11.2 Å². The van der Waals surface area contributed by atoms with Gasteiger partial charge in [0.15, 0.2) is 0 Å². The van der Waals surface area contributed by atoms with Crippen molar-refractivity contribution in [3.63, 3.8) is 0 Å². The maximum Gasteiger partial charge on any atom is 0.229 e. The highest BCUT2D eigenvalue weighted by Gasteiger charge is 2.19. The first-order valence-electron chi connectivity index (χ1n) is 6.11. The number of ether oxygens (including phenoxy) is 1. The Balaban J connectivity index is 1.76. The third-order valence-corrected chi connectivity index (χ3v) is 3.04. The van der Waals surface area contributed by atoms with E-state index in [0.717, 1.165) is 25.0 Å². The summed E-state index contributed by atoms with van der Waals surface area (Å²) in [5, 5.41) is 3.97. The van der Waals surface area contributed by atoms with E-state index in [-0.39, 0.29) is 6.10 Å². The molecular weight excluding hydrogens is 230 g/mol. The van der Waals surface area contributed by atoms with Gasteiger partial charge in [-0.05, 0) is 25.0 Å². The van der Waals surface area contributed by atoms with E-state index in [9.17, 15) is 0 Å². The highest BCUT2D eigenvalue weighted by molar-refractivity contribution is 5.60. The summed E-state index contributed by atoms with van der Waals surface area (Å²) in [5.41, 5.74) is 7.29. The van der Waals surface area contributed by atoms with Gasteiger partial charge < -0.3 is 15.0 Å². The second-order valence-corrected chi connectivity index (χ2v) is 4.48. The first-order valence-corrected chi connectivity index (χ1v) is 6.11. The number of nitrogen functional groups attached to an aromatic ring is 1. The minimum absolute atomic E-state index is 0.221. The Morgan fingerprint density at radius 2 is 2.33 bits per heavy atom. The van der Waals surface area contributed by atoms with Gasteiger partial charge in [0.1, 0.15) is 0 Å². The molecule has 3 rings (SSSR count). The zero-order chi connectivity index (χ0) is 12.4. The summed E-state index contributed by atoms with van der Waals surface area (Å²) in [6.45, 7) is 0.834. The predicted octanol–water partition coefficient (Wildman–Crippen LogP) is 2.04. The number of rotatable bonds is 3. The van der Waals surface area contributed by atoms with Crippen LogP contribution in [0.25, 0.3) is 11.4 Å². The number of nitrogens with two attached hydrogens (primary N) is 1. The Morgan fingerprint density at radius 3 is 3.11 bits per heavy atom. The minimum atomic E-state index is 0.221. The molecule has 0 spiro atoms. The van der Waals surface area contributed by atoms with Gasteiger partial charge in [0.05, 0.1) is 12.5 Å². The van der Waals surface area contributed by atoms with E-state index in [1.807, 2.05) is 24.3 Å². The van der Waals surface area contributed by atoms with Gasteiger partial charge in [0.2, 0.25) is 11.7 Å². The molecule has 0 aliphatic carbocycles. The number of nitrogens with zero attached hydrogens (tertiary/aromatic N) is 2. The molecule has 1 aliphatic heterocycles. The van der Waals surface area contributed by atoms with Crippen LogP contribution >= 0.6 is 0 Å². The Hall–Kier alpha value is -1.88. The fourth-order valence-corrected chi connectivity index (χ4v) is 2.13. The maximum absolute atomic E-state index is 5.73. The van der Waals surface area contributed by atoms with Crippen LogP contribution in [0.1, 0.15) is 18.7 Å². The lowest BCUT2D eigenvalue weighted by molar-refractivity contribution is 0.104. The molecule has 2 N–H and O–H groups in total. The van der Waals surface area contributed by atoms with Gasteiger partial charge in [-0.3, -0.25) is 0 Å². The summed E-state index contributed by atoms with van der Waals surface area (Å²) in [6.07, 6.45) is 3.09. The van der Waals surface area contributed by atoms with Gasteiger partial charge in [-0.15, -0.1) is 0 Å². The Labute approximate surface area is 105 Å². The van der Waals surface area contributed by atoms with Gasteiger partial charge in [-0.25, -0.2) is 0 Å². The molecule has 1 saturated heterocycles. The highest BCUT2D eigenvalue weighted by Crippen LogP contribution is 2.20. The number of hydrogen-bond acceptors (Lipinski definition) is 5. The molecule has 2 heterocycles.